The van der Waals surface area contributed by atoms with Gasteiger partial charge in [-0.3, -0.25) is 0 Å². The highest BCUT2D eigenvalue weighted by Gasteiger charge is 2.08. The minimum Gasteiger partial charge on any atom is -0.385 e. The molecule has 2 rings (SSSR count). The molecule has 0 atom stereocenters. The van der Waals surface area contributed by atoms with Crippen molar-refractivity contribution in [3.05, 3.63) is 35.3 Å². The van der Waals surface area contributed by atoms with Crippen molar-refractivity contribution < 1.29 is 0 Å². The topological polar surface area (TPSA) is 42.2 Å². The van der Waals surface area contributed by atoms with Crippen LogP contribution in [0.1, 0.15) is 38.3 Å². The molecule has 0 aromatic carbocycles. The van der Waals surface area contributed by atoms with Crippen molar-refractivity contribution in [3.63, 3.8) is 0 Å². The number of nitrogens with one attached hydrogen (secondary N) is 1. The van der Waals surface area contributed by atoms with Crippen LogP contribution < -0.4 is 5.32 Å². The Hall–Kier alpha value is -1.84. The maximum atomic E-state index is 4.25. The monoisotopic (exact) mass is 244 g/mol. The molecule has 4 nitrogen and oxygen atoms in total. The van der Waals surface area contributed by atoms with Crippen molar-refractivity contribution in [2.24, 2.45) is 0 Å². The summed E-state index contributed by atoms with van der Waals surface area (Å²) in [6.07, 6.45) is 4.67. The van der Waals surface area contributed by atoms with Gasteiger partial charge in [0.05, 0.1) is 0 Å². The van der Waals surface area contributed by atoms with Crippen LogP contribution >= 0.6 is 0 Å². The number of allylic oxidation sites excluding steroid dienone is 1. The summed E-state index contributed by atoms with van der Waals surface area (Å²) in [5.41, 5.74) is 5.80. The van der Waals surface area contributed by atoms with Crippen LogP contribution in [0.5, 0.6) is 0 Å². The van der Waals surface area contributed by atoms with Gasteiger partial charge in [0.2, 0.25) is 0 Å². The predicted molar refractivity (Wildman–Crippen MR) is 74.3 cm³/mol. The van der Waals surface area contributed by atoms with Gasteiger partial charge in [-0.2, -0.15) is 5.10 Å². The van der Waals surface area contributed by atoms with E-state index < -0.39 is 0 Å². The van der Waals surface area contributed by atoms with Crippen molar-refractivity contribution in [2.45, 2.75) is 34.1 Å². The van der Waals surface area contributed by atoms with Crippen molar-refractivity contribution in [1.29, 1.82) is 0 Å². The second-order valence-electron chi connectivity index (χ2n) is 4.48. The molecule has 0 bridgehead atoms. The van der Waals surface area contributed by atoms with Gasteiger partial charge >= 0.3 is 0 Å². The first-order valence-electron chi connectivity index (χ1n) is 6.41. The molecule has 0 fully saturated rings. The zero-order chi connectivity index (χ0) is 13.1. The van der Waals surface area contributed by atoms with E-state index in [1.54, 1.807) is 6.33 Å². The smallest absolute Gasteiger partial charge is 0.158 e. The summed E-state index contributed by atoms with van der Waals surface area (Å²) >= 11 is 0. The average Bonchev–Trinajstić information content (AvgIpc) is 2.83. The molecule has 2 aromatic heterocycles. The lowest BCUT2D eigenvalue weighted by atomic mass is 10.1. The first-order chi connectivity index (χ1) is 8.67. The van der Waals surface area contributed by atoms with Gasteiger partial charge in [-0.05, 0) is 44.4 Å². The highest BCUT2D eigenvalue weighted by Crippen LogP contribution is 2.20. The van der Waals surface area contributed by atoms with Gasteiger partial charge in [-0.25, -0.2) is 9.50 Å². The molecule has 0 aliphatic heterocycles. The van der Waals surface area contributed by atoms with E-state index in [1.807, 2.05) is 10.7 Å². The van der Waals surface area contributed by atoms with Gasteiger partial charge < -0.3 is 5.32 Å². The number of hydrogen-bond donors (Lipinski definition) is 1. The quantitative estimate of drug-likeness (QED) is 0.899. The third-order valence-electron chi connectivity index (χ3n) is 3.16. The zero-order valence-corrected chi connectivity index (χ0v) is 11.5. The van der Waals surface area contributed by atoms with Crippen LogP contribution in [0, 0.1) is 6.92 Å². The molecule has 0 spiro atoms. The maximum absolute atomic E-state index is 4.25. The summed E-state index contributed by atoms with van der Waals surface area (Å²) in [4.78, 5) is 4.25. The first kappa shape index (κ1) is 12.6. The largest absolute Gasteiger partial charge is 0.385 e. The number of hydrogen-bond acceptors (Lipinski definition) is 3. The zero-order valence-electron chi connectivity index (χ0n) is 11.5. The summed E-state index contributed by atoms with van der Waals surface area (Å²) in [5, 5.41) is 7.67. The van der Waals surface area contributed by atoms with Crippen LogP contribution in [0.3, 0.4) is 0 Å². The van der Waals surface area contributed by atoms with Crippen molar-refractivity contribution in [2.75, 3.05) is 6.54 Å². The van der Waals surface area contributed by atoms with Gasteiger partial charge in [0.15, 0.2) is 5.65 Å². The molecule has 0 unspecified atom stereocenters. The number of aromatic nitrogens is 3. The van der Waals surface area contributed by atoms with Gasteiger partial charge in [0, 0.05) is 24.0 Å². The summed E-state index contributed by atoms with van der Waals surface area (Å²) in [6, 6.07) is 2.17. The van der Waals surface area contributed by atoms with E-state index in [2.05, 4.69) is 49.2 Å². The van der Waals surface area contributed by atoms with Gasteiger partial charge in [-0.15, -0.1) is 0 Å². The Labute approximate surface area is 108 Å². The van der Waals surface area contributed by atoms with E-state index in [1.165, 1.54) is 16.8 Å². The fourth-order valence-corrected chi connectivity index (χ4v) is 2.08. The van der Waals surface area contributed by atoms with Gasteiger partial charge in [0.1, 0.15) is 6.33 Å². The minimum absolute atomic E-state index is 0.918. The van der Waals surface area contributed by atoms with Crippen LogP contribution in [0.2, 0.25) is 0 Å². The van der Waals surface area contributed by atoms with Crippen LogP contribution in [-0.2, 0) is 0 Å². The van der Waals surface area contributed by atoms with E-state index in [0.29, 0.717) is 0 Å². The summed E-state index contributed by atoms with van der Waals surface area (Å²) < 4.78 is 1.84. The molecule has 2 heterocycles. The van der Waals surface area contributed by atoms with Crippen molar-refractivity contribution >= 4 is 11.3 Å². The molecule has 0 saturated carbocycles. The third kappa shape index (κ3) is 2.23. The highest BCUT2D eigenvalue weighted by atomic mass is 15.3. The van der Waals surface area contributed by atoms with Crippen molar-refractivity contribution in [3.8, 4) is 0 Å². The van der Waals surface area contributed by atoms with Gasteiger partial charge in [0.25, 0.3) is 0 Å². The van der Waals surface area contributed by atoms with E-state index in [4.69, 9.17) is 0 Å². The molecule has 18 heavy (non-hydrogen) atoms. The molecule has 0 saturated heterocycles. The Kier molecular flexibility index (Phi) is 3.65. The van der Waals surface area contributed by atoms with E-state index in [-0.39, 0.29) is 0 Å². The van der Waals surface area contributed by atoms with E-state index in [0.717, 1.165) is 24.2 Å². The SMILES string of the molecule is CCN/C(=C(\C)CC)c1cc(C)c2ncnn2c1. The fourth-order valence-electron chi connectivity index (χ4n) is 2.08. The Morgan fingerprint density at radius 2 is 2.17 bits per heavy atom. The first-order valence-corrected chi connectivity index (χ1v) is 6.41. The lowest BCUT2D eigenvalue weighted by Gasteiger charge is -2.14. The lowest BCUT2D eigenvalue weighted by Crippen LogP contribution is -2.13. The summed E-state index contributed by atoms with van der Waals surface area (Å²) in [5.74, 6) is 0. The van der Waals surface area contributed by atoms with Crippen molar-refractivity contribution in [1.82, 2.24) is 19.9 Å². The molecule has 0 aliphatic carbocycles. The molecule has 2 aromatic rings. The average molecular weight is 244 g/mol. The Balaban J connectivity index is 2.57. The number of pyridine rings is 1. The standard InChI is InChI=1S/C14H20N4/c1-5-10(3)13(15-6-2)12-7-11(4)14-16-9-17-18(14)8-12/h7-9,15H,5-6H2,1-4H3/b13-10+. The molecule has 0 aliphatic rings. The Morgan fingerprint density at radius 3 is 2.83 bits per heavy atom. The molecular weight excluding hydrogens is 224 g/mol. The third-order valence-corrected chi connectivity index (χ3v) is 3.16. The summed E-state index contributed by atoms with van der Waals surface area (Å²) in [7, 11) is 0. The van der Waals surface area contributed by atoms with Crippen LogP contribution in [0.25, 0.3) is 11.3 Å². The number of aryl methyl sites for hydroxylation is 1. The Morgan fingerprint density at radius 1 is 1.39 bits per heavy atom. The van der Waals surface area contributed by atoms with Gasteiger partial charge in [-0.1, -0.05) is 6.92 Å². The van der Waals surface area contributed by atoms with E-state index >= 15 is 0 Å². The fraction of sp³-hybridized carbons (Fsp3) is 0.429. The molecule has 4 heteroatoms. The molecular formula is C14H20N4. The highest BCUT2D eigenvalue weighted by molar-refractivity contribution is 5.68. The van der Waals surface area contributed by atoms with Crippen LogP contribution in [0.15, 0.2) is 24.2 Å². The maximum Gasteiger partial charge on any atom is 0.158 e. The Bertz CT molecular complexity index is 580. The second-order valence-corrected chi connectivity index (χ2v) is 4.48. The summed E-state index contributed by atoms with van der Waals surface area (Å²) in [6.45, 7) is 9.44. The molecule has 0 amide bonds. The van der Waals surface area contributed by atoms with Crippen LogP contribution in [0.4, 0.5) is 0 Å². The predicted octanol–water partition coefficient (Wildman–Crippen LogP) is 2.79. The normalized spacial score (nSPS) is 12.7. The lowest BCUT2D eigenvalue weighted by molar-refractivity contribution is 0.902. The minimum atomic E-state index is 0.918. The molecule has 0 radical (unpaired) electrons. The second kappa shape index (κ2) is 5.21. The van der Waals surface area contributed by atoms with E-state index in [9.17, 15) is 0 Å². The van der Waals surface area contributed by atoms with Crippen LogP contribution in [-0.4, -0.2) is 21.1 Å². The number of rotatable bonds is 4. The number of nitrogens with zero attached hydrogens (tertiary/aromatic N) is 3. The molecule has 96 valence electrons. The number of fused-ring (bicyclic) bond motifs is 1. The molecule has 1 N–H and O–H groups in total.